The molecule has 1 amide bonds. The normalized spacial score (nSPS) is 10.3. The Labute approximate surface area is 112 Å². The number of nitrogens with one attached hydrogen (secondary N) is 1. The first-order chi connectivity index (χ1) is 8.58. The molecular weight excluding hydrogens is 298 g/mol. The molecule has 2 rings (SSSR count). The Balaban J connectivity index is 2.17. The van der Waals surface area contributed by atoms with E-state index in [2.05, 4.69) is 30.9 Å². The maximum Gasteiger partial charge on any atom is 0.255 e. The van der Waals surface area contributed by atoms with Crippen LogP contribution in [0.5, 0.6) is 0 Å². The van der Waals surface area contributed by atoms with E-state index in [1.807, 2.05) is 0 Å². The van der Waals surface area contributed by atoms with E-state index in [4.69, 9.17) is 5.73 Å². The second kappa shape index (κ2) is 5.18. The van der Waals surface area contributed by atoms with Gasteiger partial charge >= 0.3 is 0 Å². The first kappa shape index (κ1) is 12.6. The van der Waals surface area contributed by atoms with Gasteiger partial charge in [-0.05, 0) is 22.0 Å². The highest BCUT2D eigenvalue weighted by Crippen LogP contribution is 2.19. The van der Waals surface area contributed by atoms with E-state index in [9.17, 15) is 4.79 Å². The lowest BCUT2D eigenvalue weighted by Crippen LogP contribution is -2.27. The van der Waals surface area contributed by atoms with E-state index in [0.717, 1.165) is 5.82 Å². The van der Waals surface area contributed by atoms with Gasteiger partial charge in [-0.25, -0.2) is 9.97 Å². The SMILES string of the molecule is CN(Cc1ncc[nH]1)C(=O)c1cc(N)ncc1Br. The van der Waals surface area contributed by atoms with Crippen molar-refractivity contribution in [1.29, 1.82) is 0 Å². The van der Waals surface area contributed by atoms with Crippen molar-refractivity contribution in [3.05, 3.63) is 40.5 Å². The van der Waals surface area contributed by atoms with Crippen LogP contribution in [0.15, 0.2) is 29.1 Å². The highest BCUT2D eigenvalue weighted by Gasteiger charge is 2.16. The topological polar surface area (TPSA) is 87.9 Å². The summed E-state index contributed by atoms with van der Waals surface area (Å²) in [7, 11) is 1.70. The molecule has 2 aromatic rings. The lowest BCUT2D eigenvalue weighted by molar-refractivity contribution is 0.0781. The molecule has 0 saturated carbocycles. The van der Waals surface area contributed by atoms with Gasteiger partial charge in [0, 0.05) is 30.1 Å². The van der Waals surface area contributed by atoms with E-state index in [1.165, 1.54) is 6.20 Å². The summed E-state index contributed by atoms with van der Waals surface area (Å²) < 4.78 is 0.619. The molecule has 0 radical (unpaired) electrons. The molecule has 0 aromatic carbocycles. The number of rotatable bonds is 3. The Morgan fingerprint density at radius 2 is 2.33 bits per heavy atom. The summed E-state index contributed by atoms with van der Waals surface area (Å²) in [4.78, 5) is 24.7. The molecule has 6 nitrogen and oxygen atoms in total. The molecule has 0 saturated heterocycles. The van der Waals surface area contributed by atoms with Crippen LogP contribution in [0.25, 0.3) is 0 Å². The Morgan fingerprint density at radius 3 is 3.00 bits per heavy atom. The molecule has 0 spiro atoms. The molecule has 2 aromatic heterocycles. The summed E-state index contributed by atoms with van der Waals surface area (Å²) in [6.07, 6.45) is 4.88. The molecule has 94 valence electrons. The van der Waals surface area contributed by atoms with Crippen LogP contribution in [0.4, 0.5) is 5.82 Å². The van der Waals surface area contributed by atoms with Crippen molar-refractivity contribution >= 4 is 27.7 Å². The fraction of sp³-hybridized carbons (Fsp3) is 0.182. The maximum atomic E-state index is 12.2. The van der Waals surface area contributed by atoms with Crippen LogP contribution in [-0.4, -0.2) is 32.8 Å². The lowest BCUT2D eigenvalue weighted by atomic mass is 10.2. The predicted molar refractivity (Wildman–Crippen MR) is 70.7 cm³/mol. The number of pyridine rings is 1. The quantitative estimate of drug-likeness (QED) is 0.897. The van der Waals surface area contributed by atoms with Crippen molar-refractivity contribution in [3.63, 3.8) is 0 Å². The summed E-state index contributed by atoms with van der Waals surface area (Å²) in [5.41, 5.74) is 6.06. The van der Waals surface area contributed by atoms with Crippen molar-refractivity contribution in [2.24, 2.45) is 0 Å². The zero-order valence-electron chi connectivity index (χ0n) is 9.72. The molecule has 0 unspecified atom stereocenters. The van der Waals surface area contributed by atoms with Gasteiger partial charge in [0.1, 0.15) is 11.6 Å². The standard InChI is InChI=1S/C11H12BrN5O/c1-17(6-10-14-2-3-15-10)11(18)7-4-9(13)16-5-8(7)12/h2-5H,6H2,1H3,(H2,13,16)(H,14,15). The first-order valence-electron chi connectivity index (χ1n) is 5.22. The van der Waals surface area contributed by atoms with Gasteiger partial charge in [-0.15, -0.1) is 0 Å². The fourth-order valence-electron chi connectivity index (χ4n) is 1.51. The van der Waals surface area contributed by atoms with Crippen LogP contribution in [0, 0.1) is 0 Å². The number of amides is 1. The molecule has 3 N–H and O–H groups in total. The lowest BCUT2D eigenvalue weighted by Gasteiger charge is -2.16. The number of hydrogen-bond acceptors (Lipinski definition) is 4. The Morgan fingerprint density at radius 1 is 1.56 bits per heavy atom. The molecule has 0 aliphatic heterocycles. The van der Waals surface area contributed by atoms with Gasteiger partial charge in [0.2, 0.25) is 0 Å². The van der Waals surface area contributed by atoms with Crippen LogP contribution >= 0.6 is 15.9 Å². The number of carbonyl (C=O) groups is 1. The molecule has 0 atom stereocenters. The largest absolute Gasteiger partial charge is 0.384 e. The molecular formula is C11H12BrN5O. The number of nitrogen functional groups attached to an aromatic ring is 1. The van der Waals surface area contributed by atoms with Crippen molar-refractivity contribution in [2.75, 3.05) is 12.8 Å². The van der Waals surface area contributed by atoms with Crippen LogP contribution in [0.1, 0.15) is 16.2 Å². The number of anilines is 1. The third kappa shape index (κ3) is 2.67. The number of aromatic nitrogens is 3. The van der Waals surface area contributed by atoms with Crippen LogP contribution < -0.4 is 5.73 Å². The van der Waals surface area contributed by atoms with E-state index in [0.29, 0.717) is 22.4 Å². The Hall–Kier alpha value is -1.89. The monoisotopic (exact) mass is 309 g/mol. The molecule has 18 heavy (non-hydrogen) atoms. The fourth-order valence-corrected chi connectivity index (χ4v) is 1.89. The highest BCUT2D eigenvalue weighted by atomic mass is 79.9. The predicted octanol–water partition coefficient (Wildman–Crippen LogP) is 1.42. The smallest absolute Gasteiger partial charge is 0.255 e. The minimum absolute atomic E-state index is 0.146. The number of H-pyrrole nitrogens is 1. The molecule has 0 aliphatic rings. The summed E-state index contributed by atoms with van der Waals surface area (Å²) in [5, 5.41) is 0. The first-order valence-corrected chi connectivity index (χ1v) is 6.02. The van der Waals surface area contributed by atoms with Gasteiger partial charge in [-0.3, -0.25) is 4.79 Å². The zero-order chi connectivity index (χ0) is 13.1. The Kier molecular flexibility index (Phi) is 3.61. The average molecular weight is 310 g/mol. The minimum Gasteiger partial charge on any atom is -0.384 e. The molecule has 7 heteroatoms. The van der Waals surface area contributed by atoms with Gasteiger partial charge in [-0.2, -0.15) is 0 Å². The van der Waals surface area contributed by atoms with Crippen LogP contribution in [0.3, 0.4) is 0 Å². The van der Waals surface area contributed by atoms with Gasteiger partial charge < -0.3 is 15.6 Å². The van der Waals surface area contributed by atoms with E-state index < -0.39 is 0 Å². The van der Waals surface area contributed by atoms with E-state index in [1.54, 1.807) is 30.4 Å². The number of imidazole rings is 1. The van der Waals surface area contributed by atoms with Crippen LogP contribution in [0.2, 0.25) is 0 Å². The third-order valence-electron chi connectivity index (χ3n) is 2.40. The number of carbonyl (C=O) groups excluding carboxylic acids is 1. The van der Waals surface area contributed by atoms with Gasteiger partial charge in [-0.1, -0.05) is 0 Å². The number of nitrogens with two attached hydrogens (primary N) is 1. The van der Waals surface area contributed by atoms with Crippen molar-refractivity contribution in [2.45, 2.75) is 6.54 Å². The summed E-state index contributed by atoms with van der Waals surface area (Å²) >= 11 is 3.29. The molecule has 0 fully saturated rings. The van der Waals surface area contributed by atoms with Crippen molar-refractivity contribution in [3.8, 4) is 0 Å². The molecule has 2 heterocycles. The van der Waals surface area contributed by atoms with Gasteiger partial charge in [0.25, 0.3) is 5.91 Å². The van der Waals surface area contributed by atoms with Crippen LogP contribution in [-0.2, 0) is 6.54 Å². The summed E-state index contributed by atoms with van der Waals surface area (Å²) in [5.74, 6) is 0.893. The number of hydrogen-bond donors (Lipinski definition) is 2. The minimum atomic E-state index is -0.146. The number of nitrogens with zero attached hydrogens (tertiary/aromatic N) is 3. The zero-order valence-corrected chi connectivity index (χ0v) is 11.3. The van der Waals surface area contributed by atoms with Gasteiger partial charge in [0.15, 0.2) is 0 Å². The summed E-state index contributed by atoms with van der Waals surface area (Å²) in [6, 6.07) is 1.55. The highest BCUT2D eigenvalue weighted by molar-refractivity contribution is 9.10. The number of aromatic amines is 1. The molecule has 0 bridgehead atoms. The van der Waals surface area contributed by atoms with E-state index in [-0.39, 0.29) is 5.91 Å². The summed E-state index contributed by atoms with van der Waals surface area (Å²) in [6.45, 7) is 0.403. The molecule has 0 aliphatic carbocycles. The number of halogens is 1. The van der Waals surface area contributed by atoms with Gasteiger partial charge in [0.05, 0.1) is 12.1 Å². The van der Waals surface area contributed by atoms with Crippen molar-refractivity contribution < 1.29 is 4.79 Å². The van der Waals surface area contributed by atoms with Crippen molar-refractivity contribution in [1.82, 2.24) is 19.9 Å². The maximum absolute atomic E-state index is 12.2. The second-order valence-corrected chi connectivity index (χ2v) is 4.64. The third-order valence-corrected chi connectivity index (χ3v) is 3.03. The Bertz CT molecular complexity index is 555. The average Bonchev–Trinajstić information content (AvgIpc) is 2.84. The second-order valence-electron chi connectivity index (χ2n) is 3.79. The van der Waals surface area contributed by atoms with E-state index >= 15 is 0 Å².